The van der Waals surface area contributed by atoms with Crippen LogP contribution in [0.15, 0.2) is 22.7 Å². The van der Waals surface area contributed by atoms with Crippen molar-refractivity contribution in [1.29, 1.82) is 0 Å². The van der Waals surface area contributed by atoms with Gasteiger partial charge in [-0.15, -0.1) is 0 Å². The average Bonchev–Trinajstić information content (AvgIpc) is 2.98. The molecule has 1 aromatic rings. The van der Waals surface area contributed by atoms with Gasteiger partial charge in [-0.1, -0.05) is 28.9 Å². The zero-order valence-electron chi connectivity index (χ0n) is 14.5. The molecule has 134 valence electrons. The van der Waals surface area contributed by atoms with Crippen molar-refractivity contribution in [2.75, 3.05) is 0 Å². The second kappa shape index (κ2) is 7.02. The molecule has 2 aliphatic rings. The first-order valence-corrected chi connectivity index (χ1v) is 9.16. The Kier molecular flexibility index (Phi) is 5.35. The summed E-state index contributed by atoms with van der Waals surface area (Å²) >= 11 is 3.47. The predicted octanol–water partition coefficient (Wildman–Crippen LogP) is 3.29. The number of halogens is 1. The Morgan fingerprint density at radius 3 is 2.75 bits per heavy atom. The Bertz CT molecular complexity index is 591. The summed E-state index contributed by atoms with van der Waals surface area (Å²) in [6, 6.07) is 6.09. The van der Waals surface area contributed by atoms with Crippen LogP contribution in [0.3, 0.4) is 0 Å². The number of hydrogen-bond donors (Lipinski definition) is 1. The fourth-order valence-corrected chi connectivity index (χ4v) is 3.72. The second-order valence-electron chi connectivity index (χ2n) is 6.89. The maximum Gasteiger partial charge on any atom is 0.190 e. The van der Waals surface area contributed by atoms with Crippen molar-refractivity contribution in [1.82, 2.24) is 0 Å². The molecule has 5 atom stereocenters. The zero-order chi connectivity index (χ0) is 17.5. The monoisotopic (exact) mass is 400 g/mol. The van der Waals surface area contributed by atoms with Gasteiger partial charge in [-0.2, -0.15) is 0 Å². The number of benzene rings is 1. The second-order valence-corrected chi connectivity index (χ2v) is 7.81. The van der Waals surface area contributed by atoms with Crippen molar-refractivity contribution in [2.24, 2.45) is 0 Å². The van der Waals surface area contributed by atoms with Gasteiger partial charge < -0.3 is 24.1 Å². The van der Waals surface area contributed by atoms with Crippen LogP contribution in [-0.2, 0) is 25.6 Å². The Morgan fingerprint density at radius 1 is 1.33 bits per heavy atom. The molecule has 2 saturated heterocycles. The fraction of sp³-hybridized carbons (Fsp3) is 0.667. The summed E-state index contributed by atoms with van der Waals surface area (Å²) in [5, 5.41) is 10.3. The van der Waals surface area contributed by atoms with E-state index in [1.54, 1.807) is 0 Å². The van der Waals surface area contributed by atoms with E-state index in [0.29, 0.717) is 13.0 Å². The normalized spacial score (nSPS) is 32.8. The molecule has 24 heavy (non-hydrogen) atoms. The zero-order valence-corrected chi connectivity index (χ0v) is 16.1. The summed E-state index contributed by atoms with van der Waals surface area (Å²) in [5.41, 5.74) is 2.25. The molecule has 5 nitrogen and oxygen atoms in total. The van der Waals surface area contributed by atoms with Gasteiger partial charge in [-0.05, 0) is 50.5 Å². The van der Waals surface area contributed by atoms with Gasteiger partial charge in [-0.25, -0.2) is 0 Å². The molecular weight excluding hydrogens is 376 g/mol. The van der Waals surface area contributed by atoms with Crippen LogP contribution in [0.2, 0.25) is 0 Å². The highest BCUT2D eigenvalue weighted by Gasteiger charge is 2.56. The molecule has 2 fully saturated rings. The highest BCUT2D eigenvalue weighted by atomic mass is 79.9. The van der Waals surface area contributed by atoms with E-state index in [0.717, 1.165) is 15.6 Å². The summed E-state index contributed by atoms with van der Waals surface area (Å²) in [6.07, 6.45) is -1.66. The summed E-state index contributed by atoms with van der Waals surface area (Å²) in [5.74, 6) is -0.702. The van der Waals surface area contributed by atoms with Gasteiger partial charge in [0.05, 0.1) is 12.7 Å². The first-order chi connectivity index (χ1) is 11.3. The smallest absolute Gasteiger partial charge is 0.190 e. The molecule has 3 rings (SSSR count). The van der Waals surface area contributed by atoms with Crippen molar-refractivity contribution in [2.45, 2.75) is 77.2 Å². The maximum absolute atomic E-state index is 10.3. The number of rotatable bonds is 5. The molecule has 1 N–H and O–H groups in total. The van der Waals surface area contributed by atoms with Crippen LogP contribution in [0.4, 0.5) is 0 Å². The minimum absolute atomic E-state index is 0.332. The number of hydrogen-bond acceptors (Lipinski definition) is 5. The molecule has 0 spiro atoms. The predicted molar refractivity (Wildman–Crippen MR) is 92.5 cm³/mol. The van der Waals surface area contributed by atoms with Gasteiger partial charge in [0.15, 0.2) is 12.1 Å². The fourth-order valence-electron chi connectivity index (χ4n) is 3.24. The van der Waals surface area contributed by atoms with Crippen molar-refractivity contribution < 1.29 is 24.1 Å². The van der Waals surface area contributed by atoms with E-state index in [-0.39, 0.29) is 12.2 Å². The molecule has 2 aliphatic heterocycles. The van der Waals surface area contributed by atoms with Gasteiger partial charge in [0.2, 0.25) is 0 Å². The molecule has 0 bridgehead atoms. The molecule has 1 aromatic carbocycles. The van der Waals surface area contributed by atoms with Gasteiger partial charge in [0.1, 0.15) is 18.3 Å². The average molecular weight is 401 g/mol. The molecule has 0 amide bonds. The van der Waals surface area contributed by atoms with Crippen LogP contribution >= 0.6 is 15.9 Å². The lowest BCUT2D eigenvalue weighted by molar-refractivity contribution is -0.230. The van der Waals surface area contributed by atoms with E-state index in [9.17, 15) is 5.11 Å². The SMILES string of the molecule is CC[C@@H](O)[C@H]1O[C@@H]2OC(C)(C)O[C@@H]2[C@H]1OCc1ccc(Br)cc1C. The van der Waals surface area contributed by atoms with Gasteiger partial charge >= 0.3 is 0 Å². The van der Waals surface area contributed by atoms with Crippen LogP contribution in [0.5, 0.6) is 0 Å². The number of fused-ring (bicyclic) bond motifs is 1. The van der Waals surface area contributed by atoms with E-state index < -0.39 is 24.3 Å². The largest absolute Gasteiger partial charge is 0.390 e. The molecule has 0 aromatic heterocycles. The van der Waals surface area contributed by atoms with E-state index in [1.807, 2.05) is 39.8 Å². The first kappa shape index (κ1) is 18.3. The van der Waals surface area contributed by atoms with E-state index in [4.69, 9.17) is 18.9 Å². The molecule has 6 heteroatoms. The third kappa shape index (κ3) is 3.69. The highest BCUT2D eigenvalue weighted by Crippen LogP contribution is 2.40. The van der Waals surface area contributed by atoms with Crippen molar-refractivity contribution in [3.8, 4) is 0 Å². The maximum atomic E-state index is 10.3. The summed E-state index contributed by atoms with van der Waals surface area (Å²) < 4.78 is 24.8. The Labute approximate surface area is 151 Å². The number of aliphatic hydroxyl groups is 1. The summed E-state index contributed by atoms with van der Waals surface area (Å²) in [6.45, 7) is 8.12. The van der Waals surface area contributed by atoms with Crippen LogP contribution in [0, 0.1) is 6.92 Å². The quantitative estimate of drug-likeness (QED) is 0.821. The third-order valence-electron chi connectivity index (χ3n) is 4.56. The van der Waals surface area contributed by atoms with Gasteiger partial charge in [0.25, 0.3) is 0 Å². The minimum Gasteiger partial charge on any atom is -0.390 e. The first-order valence-electron chi connectivity index (χ1n) is 8.36. The molecule has 0 radical (unpaired) electrons. The standard InChI is InChI=1S/C18H25BrO5/c1-5-13(20)14-15(16-17(22-14)24-18(3,4)23-16)21-9-11-6-7-12(19)8-10(11)2/h6-8,13-17,20H,5,9H2,1-4H3/t13-,14-,15+,16-,17-/m1/s1. The van der Waals surface area contributed by atoms with Crippen LogP contribution in [-0.4, -0.2) is 41.6 Å². The molecular formula is C18H25BrO5. The number of ether oxygens (including phenoxy) is 4. The van der Waals surface area contributed by atoms with E-state index in [1.165, 1.54) is 0 Å². The molecule has 2 heterocycles. The lowest BCUT2D eigenvalue weighted by atomic mass is 10.0. The van der Waals surface area contributed by atoms with Crippen LogP contribution in [0.25, 0.3) is 0 Å². The van der Waals surface area contributed by atoms with Crippen molar-refractivity contribution in [3.05, 3.63) is 33.8 Å². The van der Waals surface area contributed by atoms with Crippen molar-refractivity contribution in [3.63, 3.8) is 0 Å². The summed E-state index contributed by atoms with van der Waals surface area (Å²) in [7, 11) is 0. The summed E-state index contributed by atoms with van der Waals surface area (Å²) in [4.78, 5) is 0. The molecule has 0 unspecified atom stereocenters. The minimum atomic E-state index is -0.702. The van der Waals surface area contributed by atoms with Crippen molar-refractivity contribution >= 4 is 15.9 Å². The Balaban J connectivity index is 1.74. The number of aliphatic hydroxyl groups excluding tert-OH is 1. The van der Waals surface area contributed by atoms with E-state index in [2.05, 4.69) is 22.0 Å². The van der Waals surface area contributed by atoms with E-state index >= 15 is 0 Å². The third-order valence-corrected chi connectivity index (χ3v) is 5.05. The van der Waals surface area contributed by atoms with Gasteiger partial charge in [0, 0.05) is 4.47 Å². The Morgan fingerprint density at radius 2 is 2.08 bits per heavy atom. The topological polar surface area (TPSA) is 57.2 Å². The van der Waals surface area contributed by atoms with Crippen LogP contribution in [0.1, 0.15) is 38.3 Å². The molecule has 0 aliphatic carbocycles. The van der Waals surface area contributed by atoms with Crippen LogP contribution < -0.4 is 0 Å². The number of aryl methyl sites for hydroxylation is 1. The lowest BCUT2D eigenvalue weighted by Crippen LogP contribution is -2.42. The molecule has 0 saturated carbocycles. The lowest BCUT2D eigenvalue weighted by Gasteiger charge is -2.28. The Hall–Kier alpha value is -0.500. The highest BCUT2D eigenvalue weighted by molar-refractivity contribution is 9.10. The van der Waals surface area contributed by atoms with Gasteiger partial charge in [-0.3, -0.25) is 0 Å².